The van der Waals surface area contributed by atoms with Crippen molar-refractivity contribution in [3.63, 3.8) is 0 Å². The van der Waals surface area contributed by atoms with Crippen molar-refractivity contribution in [3.05, 3.63) is 56.7 Å². The summed E-state index contributed by atoms with van der Waals surface area (Å²) in [6.07, 6.45) is 3.27. The molecular formula is C22H23N5O2S. The predicted octanol–water partition coefficient (Wildman–Crippen LogP) is 3.12. The molecule has 1 fully saturated rings. The van der Waals surface area contributed by atoms with Gasteiger partial charge in [-0.05, 0) is 43.9 Å². The molecule has 1 aliphatic heterocycles. The quantitative estimate of drug-likeness (QED) is 0.683. The zero-order chi connectivity index (χ0) is 21.1. The van der Waals surface area contributed by atoms with Crippen molar-refractivity contribution in [3.8, 4) is 6.07 Å². The fourth-order valence-electron chi connectivity index (χ4n) is 3.77. The predicted molar refractivity (Wildman–Crippen MR) is 118 cm³/mol. The van der Waals surface area contributed by atoms with Crippen molar-refractivity contribution < 1.29 is 4.79 Å². The Hall–Kier alpha value is -3.18. The summed E-state index contributed by atoms with van der Waals surface area (Å²) < 4.78 is 2.12. The Morgan fingerprint density at radius 2 is 2.03 bits per heavy atom. The Morgan fingerprint density at radius 1 is 1.27 bits per heavy atom. The first kappa shape index (κ1) is 20.1. The highest BCUT2D eigenvalue weighted by Gasteiger charge is 2.22. The molecule has 0 atom stereocenters. The Balaban J connectivity index is 1.87. The molecule has 1 amide bonds. The van der Waals surface area contributed by atoms with Gasteiger partial charge >= 0.3 is 0 Å². The second-order valence-electron chi connectivity index (χ2n) is 7.30. The number of rotatable bonds is 5. The van der Waals surface area contributed by atoms with Crippen LogP contribution in [0.4, 0.5) is 5.95 Å². The van der Waals surface area contributed by atoms with Gasteiger partial charge in [0.25, 0.3) is 11.5 Å². The number of hydrogen-bond donors (Lipinski definition) is 1. The highest BCUT2D eigenvalue weighted by atomic mass is 32.1. The van der Waals surface area contributed by atoms with Crippen LogP contribution in [0, 0.1) is 11.3 Å². The number of piperidine rings is 1. The van der Waals surface area contributed by atoms with Crippen LogP contribution in [0.25, 0.3) is 10.2 Å². The van der Waals surface area contributed by atoms with Gasteiger partial charge in [0.05, 0.1) is 28.6 Å². The van der Waals surface area contributed by atoms with E-state index in [1.165, 1.54) is 17.8 Å². The topological polar surface area (TPSA) is 91.0 Å². The van der Waals surface area contributed by atoms with E-state index in [9.17, 15) is 14.9 Å². The van der Waals surface area contributed by atoms with Crippen LogP contribution in [-0.4, -0.2) is 35.1 Å². The van der Waals surface area contributed by atoms with Crippen molar-refractivity contribution in [1.82, 2.24) is 14.9 Å². The Morgan fingerprint density at radius 3 is 2.77 bits per heavy atom. The summed E-state index contributed by atoms with van der Waals surface area (Å²) in [5.41, 5.74) is 1.70. The van der Waals surface area contributed by atoms with Crippen LogP contribution in [0.1, 0.15) is 47.0 Å². The maximum absolute atomic E-state index is 13.5. The smallest absolute Gasteiger partial charge is 0.273 e. The molecule has 8 heteroatoms. The molecule has 2 aromatic heterocycles. The molecule has 30 heavy (non-hydrogen) atoms. The molecule has 7 nitrogen and oxygen atoms in total. The van der Waals surface area contributed by atoms with Crippen LogP contribution in [0.15, 0.2) is 35.1 Å². The molecule has 4 rings (SSSR count). The number of anilines is 1. The lowest BCUT2D eigenvalue weighted by atomic mass is 10.1. The Bertz CT molecular complexity index is 1180. The summed E-state index contributed by atoms with van der Waals surface area (Å²) >= 11 is 1.17. The fourth-order valence-corrected chi connectivity index (χ4v) is 4.74. The molecule has 3 aromatic rings. The number of fused-ring (bicyclic) bond motifs is 1. The fraction of sp³-hybridized carbons (Fsp3) is 0.364. The molecule has 0 spiro atoms. The number of benzene rings is 1. The van der Waals surface area contributed by atoms with Gasteiger partial charge < -0.3 is 10.2 Å². The van der Waals surface area contributed by atoms with Gasteiger partial charge in [-0.15, -0.1) is 11.3 Å². The molecular weight excluding hydrogens is 398 g/mol. The van der Waals surface area contributed by atoms with Crippen molar-refractivity contribution >= 4 is 33.4 Å². The van der Waals surface area contributed by atoms with Crippen LogP contribution < -0.4 is 15.8 Å². The van der Waals surface area contributed by atoms with E-state index in [1.807, 2.05) is 25.1 Å². The monoisotopic (exact) mass is 421 g/mol. The van der Waals surface area contributed by atoms with Crippen molar-refractivity contribution in [2.45, 2.75) is 32.7 Å². The highest BCUT2D eigenvalue weighted by molar-refractivity contribution is 7.20. The molecule has 3 heterocycles. The van der Waals surface area contributed by atoms with E-state index < -0.39 is 0 Å². The van der Waals surface area contributed by atoms with E-state index in [4.69, 9.17) is 4.98 Å². The van der Waals surface area contributed by atoms with E-state index in [0.717, 1.165) is 31.5 Å². The average molecular weight is 422 g/mol. The second-order valence-corrected chi connectivity index (χ2v) is 8.36. The normalized spacial score (nSPS) is 13.9. The number of nitrogens with one attached hydrogen (secondary N) is 1. The van der Waals surface area contributed by atoms with Crippen molar-refractivity contribution in [2.75, 3.05) is 24.5 Å². The second kappa shape index (κ2) is 8.67. The third kappa shape index (κ3) is 3.81. The van der Waals surface area contributed by atoms with Crippen molar-refractivity contribution in [2.24, 2.45) is 0 Å². The Labute approximate surface area is 178 Å². The van der Waals surface area contributed by atoms with E-state index in [1.54, 1.807) is 16.7 Å². The van der Waals surface area contributed by atoms with Crippen LogP contribution in [0.5, 0.6) is 0 Å². The lowest BCUT2D eigenvalue weighted by molar-refractivity contribution is 0.0960. The summed E-state index contributed by atoms with van der Waals surface area (Å²) in [4.78, 5) is 33.2. The summed E-state index contributed by atoms with van der Waals surface area (Å²) in [7, 11) is 0. The number of carbonyl (C=O) groups excluding carboxylic acids is 1. The van der Waals surface area contributed by atoms with Crippen LogP contribution >= 0.6 is 11.3 Å². The molecule has 0 aliphatic carbocycles. The lowest BCUT2D eigenvalue weighted by Gasteiger charge is -2.29. The molecule has 0 bridgehead atoms. The molecule has 1 N–H and O–H groups in total. The van der Waals surface area contributed by atoms with Gasteiger partial charge in [0.2, 0.25) is 5.95 Å². The molecule has 1 saturated heterocycles. The number of hydrogen-bond acceptors (Lipinski definition) is 6. The number of nitrogens with zero attached hydrogens (tertiary/aromatic N) is 4. The van der Waals surface area contributed by atoms with E-state index >= 15 is 0 Å². The van der Waals surface area contributed by atoms with E-state index in [0.29, 0.717) is 33.2 Å². The van der Waals surface area contributed by atoms with Gasteiger partial charge in [0, 0.05) is 19.6 Å². The molecule has 1 aliphatic rings. The first-order valence-corrected chi connectivity index (χ1v) is 11.0. The minimum absolute atomic E-state index is 0.172. The summed E-state index contributed by atoms with van der Waals surface area (Å²) in [5.74, 6) is 0.418. The highest BCUT2D eigenvalue weighted by Crippen LogP contribution is 2.26. The minimum atomic E-state index is -0.194. The van der Waals surface area contributed by atoms with Gasteiger partial charge in [0.1, 0.15) is 4.70 Å². The average Bonchev–Trinajstić information content (AvgIpc) is 3.21. The number of carbonyl (C=O) groups is 1. The molecule has 0 radical (unpaired) electrons. The maximum Gasteiger partial charge on any atom is 0.273 e. The number of amides is 1. The SMILES string of the molecule is CCNC(=O)c1cc2nc(N3CCCCC3)n(Cc3ccccc3C#N)c(=O)c2s1. The van der Waals surface area contributed by atoms with Gasteiger partial charge in [-0.2, -0.15) is 5.26 Å². The first-order chi connectivity index (χ1) is 14.6. The van der Waals surface area contributed by atoms with Crippen LogP contribution in [0.2, 0.25) is 0 Å². The lowest BCUT2D eigenvalue weighted by Crippen LogP contribution is -2.36. The van der Waals surface area contributed by atoms with Gasteiger partial charge in [-0.3, -0.25) is 14.2 Å². The molecule has 0 saturated carbocycles. The summed E-state index contributed by atoms with van der Waals surface area (Å²) in [6, 6.07) is 11.2. The third-order valence-electron chi connectivity index (χ3n) is 5.28. The van der Waals surface area contributed by atoms with Gasteiger partial charge in [-0.25, -0.2) is 4.98 Å². The zero-order valence-electron chi connectivity index (χ0n) is 16.9. The molecule has 0 unspecified atom stereocenters. The number of aromatic nitrogens is 2. The van der Waals surface area contributed by atoms with Crippen LogP contribution in [0.3, 0.4) is 0 Å². The first-order valence-electron chi connectivity index (χ1n) is 10.2. The molecule has 1 aromatic carbocycles. The van der Waals surface area contributed by atoms with E-state index in [-0.39, 0.29) is 18.0 Å². The van der Waals surface area contributed by atoms with Crippen LogP contribution in [-0.2, 0) is 6.54 Å². The van der Waals surface area contributed by atoms with Gasteiger partial charge in [-0.1, -0.05) is 18.2 Å². The number of nitriles is 1. The minimum Gasteiger partial charge on any atom is -0.352 e. The van der Waals surface area contributed by atoms with Gasteiger partial charge in [0.15, 0.2) is 0 Å². The molecule has 154 valence electrons. The largest absolute Gasteiger partial charge is 0.352 e. The summed E-state index contributed by atoms with van der Waals surface area (Å²) in [5, 5.41) is 12.2. The summed E-state index contributed by atoms with van der Waals surface area (Å²) in [6.45, 7) is 4.33. The third-order valence-corrected chi connectivity index (χ3v) is 6.39. The zero-order valence-corrected chi connectivity index (χ0v) is 17.7. The maximum atomic E-state index is 13.5. The van der Waals surface area contributed by atoms with E-state index in [2.05, 4.69) is 16.3 Å². The Kier molecular flexibility index (Phi) is 5.81. The van der Waals surface area contributed by atoms with Crippen molar-refractivity contribution in [1.29, 1.82) is 5.26 Å². The standard InChI is InChI=1S/C22H23N5O2S/c1-2-24-20(28)18-12-17-19(30-18)21(29)27(14-16-9-5-4-8-15(16)13-23)22(25-17)26-10-6-3-7-11-26/h4-5,8-9,12H,2-3,6-7,10-11,14H2,1H3,(H,24,28). The number of thiophene rings is 1.